The summed E-state index contributed by atoms with van der Waals surface area (Å²) in [6.45, 7) is 2.30. The Balaban J connectivity index is 1.91. The first-order valence-corrected chi connectivity index (χ1v) is 8.68. The molecule has 0 aliphatic heterocycles. The van der Waals surface area contributed by atoms with Gasteiger partial charge >= 0.3 is 5.97 Å². The summed E-state index contributed by atoms with van der Waals surface area (Å²) in [5.41, 5.74) is 4.78. The van der Waals surface area contributed by atoms with Gasteiger partial charge in [0, 0.05) is 24.8 Å². The molecule has 0 fully saturated rings. The first-order valence-electron chi connectivity index (χ1n) is 8.68. The molecule has 0 spiro atoms. The zero-order chi connectivity index (χ0) is 18.0. The summed E-state index contributed by atoms with van der Waals surface area (Å²) in [4.78, 5) is 24.9. The summed E-state index contributed by atoms with van der Waals surface area (Å²) >= 11 is 0. The van der Waals surface area contributed by atoms with Crippen molar-refractivity contribution in [2.45, 2.75) is 39.0 Å². The number of carboxylic acid groups (broad SMARTS) is 1. The number of carboxylic acids is 1. The third kappa shape index (κ3) is 3.43. The Kier molecular flexibility index (Phi) is 4.88. The zero-order valence-corrected chi connectivity index (χ0v) is 14.7. The van der Waals surface area contributed by atoms with Crippen LogP contribution in [-0.2, 0) is 24.1 Å². The lowest BCUT2D eigenvalue weighted by Gasteiger charge is -2.15. The molecule has 1 N–H and O–H groups in total. The molecule has 1 heterocycles. The average Bonchev–Trinajstić information content (AvgIpc) is 3.21. The Labute approximate surface area is 147 Å². The molecule has 1 aliphatic rings. The van der Waals surface area contributed by atoms with Crippen LogP contribution in [0, 0.1) is 0 Å². The minimum atomic E-state index is -0.911. The average molecular weight is 341 g/mol. The van der Waals surface area contributed by atoms with Crippen LogP contribution in [0.4, 0.5) is 0 Å². The number of aliphatic carboxylic acids is 1. The maximum absolute atomic E-state index is 12.7. The molecule has 0 saturated carbocycles. The van der Waals surface area contributed by atoms with Crippen molar-refractivity contribution in [3.8, 4) is 5.69 Å². The third-order valence-corrected chi connectivity index (χ3v) is 4.73. The fraction of sp³-hybridized carbons (Fsp3) is 0.421. The van der Waals surface area contributed by atoms with Crippen LogP contribution in [0.2, 0.25) is 0 Å². The van der Waals surface area contributed by atoms with E-state index in [1.54, 1.807) is 7.05 Å². The van der Waals surface area contributed by atoms with Crippen molar-refractivity contribution in [3.05, 3.63) is 46.8 Å². The highest BCUT2D eigenvalue weighted by Gasteiger charge is 2.28. The van der Waals surface area contributed by atoms with Gasteiger partial charge in [0.05, 0.1) is 12.1 Å². The van der Waals surface area contributed by atoms with Crippen LogP contribution in [0.5, 0.6) is 0 Å². The molecule has 0 bridgehead atoms. The number of aryl methyl sites for hydroxylation is 1. The number of benzene rings is 1. The predicted molar refractivity (Wildman–Crippen MR) is 94.2 cm³/mol. The van der Waals surface area contributed by atoms with E-state index < -0.39 is 5.97 Å². The van der Waals surface area contributed by atoms with Crippen molar-refractivity contribution >= 4 is 11.9 Å². The summed E-state index contributed by atoms with van der Waals surface area (Å²) in [6.07, 6.45) is 3.68. The van der Waals surface area contributed by atoms with Gasteiger partial charge in [0.15, 0.2) is 5.69 Å². The predicted octanol–water partition coefficient (Wildman–Crippen LogP) is 2.47. The second-order valence-electron chi connectivity index (χ2n) is 6.43. The van der Waals surface area contributed by atoms with Crippen molar-refractivity contribution < 1.29 is 14.7 Å². The second-order valence-corrected chi connectivity index (χ2v) is 6.43. The number of fused-ring (bicyclic) bond motifs is 1. The van der Waals surface area contributed by atoms with E-state index in [0.29, 0.717) is 5.69 Å². The monoisotopic (exact) mass is 341 g/mol. The van der Waals surface area contributed by atoms with E-state index in [2.05, 4.69) is 24.2 Å². The van der Waals surface area contributed by atoms with Crippen molar-refractivity contribution in [2.24, 2.45) is 0 Å². The van der Waals surface area contributed by atoms with Crippen LogP contribution in [0.25, 0.3) is 5.69 Å². The van der Waals surface area contributed by atoms with Gasteiger partial charge in [-0.3, -0.25) is 9.59 Å². The lowest BCUT2D eigenvalue weighted by Crippen LogP contribution is -2.30. The molecule has 0 atom stereocenters. The molecule has 6 nitrogen and oxygen atoms in total. The van der Waals surface area contributed by atoms with Crippen LogP contribution in [-0.4, -0.2) is 45.3 Å². The fourth-order valence-electron chi connectivity index (χ4n) is 3.24. The molecule has 1 amide bonds. The molecule has 0 saturated heterocycles. The van der Waals surface area contributed by atoms with Crippen LogP contribution < -0.4 is 0 Å². The Bertz CT molecular complexity index is 793. The molecule has 1 aromatic carbocycles. The number of amides is 1. The maximum atomic E-state index is 12.7. The SMILES string of the molecule is CCc1ccc(-n2nc(C(=O)N(C)CCC(=O)O)c3c2CCC3)cc1. The van der Waals surface area contributed by atoms with Gasteiger partial charge in [-0.05, 0) is 43.4 Å². The summed E-state index contributed by atoms with van der Waals surface area (Å²) in [5.74, 6) is -1.12. The largest absolute Gasteiger partial charge is 0.481 e. The molecule has 1 aliphatic carbocycles. The van der Waals surface area contributed by atoms with Crippen LogP contribution in [0.1, 0.15) is 47.1 Å². The number of hydrogen-bond acceptors (Lipinski definition) is 3. The van der Waals surface area contributed by atoms with E-state index in [1.165, 1.54) is 10.5 Å². The first-order chi connectivity index (χ1) is 12.0. The summed E-state index contributed by atoms with van der Waals surface area (Å²) in [5, 5.41) is 13.4. The fourth-order valence-corrected chi connectivity index (χ4v) is 3.24. The summed E-state index contributed by atoms with van der Waals surface area (Å²) in [6, 6.07) is 8.23. The number of carbonyl (C=O) groups is 2. The zero-order valence-electron chi connectivity index (χ0n) is 14.7. The number of rotatable bonds is 6. The first kappa shape index (κ1) is 17.2. The lowest BCUT2D eigenvalue weighted by atomic mass is 10.1. The van der Waals surface area contributed by atoms with Gasteiger partial charge in [-0.2, -0.15) is 5.10 Å². The minimum Gasteiger partial charge on any atom is -0.481 e. The molecule has 2 aromatic rings. The lowest BCUT2D eigenvalue weighted by molar-refractivity contribution is -0.137. The molecule has 0 unspecified atom stereocenters. The number of nitrogens with zero attached hydrogens (tertiary/aromatic N) is 3. The molecular formula is C19H23N3O3. The van der Waals surface area contributed by atoms with Crippen molar-refractivity contribution in [3.63, 3.8) is 0 Å². The second kappa shape index (κ2) is 7.09. The smallest absolute Gasteiger partial charge is 0.305 e. The topological polar surface area (TPSA) is 75.4 Å². The summed E-state index contributed by atoms with van der Waals surface area (Å²) in [7, 11) is 1.63. The van der Waals surface area contributed by atoms with Gasteiger partial charge in [-0.15, -0.1) is 0 Å². The van der Waals surface area contributed by atoms with Crippen molar-refractivity contribution in [1.82, 2.24) is 14.7 Å². The van der Waals surface area contributed by atoms with Crippen molar-refractivity contribution in [2.75, 3.05) is 13.6 Å². The Morgan fingerprint density at radius 1 is 1.24 bits per heavy atom. The van der Waals surface area contributed by atoms with Gasteiger partial charge in [0.1, 0.15) is 0 Å². The van der Waals surface area contributed by atoms with E-state index in [1.807, 2.05) is 16.8 Å². The van der Waals surface area contributed by atoms with E-state index in [-0.39, 0.29) is 18.9 Å². The highest BCUT2D eigenvalue weighted by Crippen LogP contribution is 2.28. The van der Waals surface area contributed by atoms with E-state index >= 15 is 0 Å². The number of hydrogen-bond donors (Lipinski definition) is 1. The number of aromatic nitrogens is 2. The number of carbonyl (C=O) groups excluding carboxylic acids is 1. The summed E-state index contributed by atoms with van der Waals surface area (Å²) < 4.78 is 1.88. The molecule has 1 aromatic heterocycles. The Hall–Kier alpha value is -2.63. The molecular weight excluding hydrogens is 318 g/mol. The highest BCUT2D eigenvalue weighted by atomic mass is 16.4. The Morgan fingerprint density at radius 3 is 2.60 bits per heavy atom. The molecule has 132 valence electrons. The van der Waals surface area contributed by atoms with Gasteiger partial charge < -0.3 is 10.0 Å². The van der Waals surface area contributed by atoms with E-state index in [9.17, 15) is 9.59 Å². The standard InChI is InChI=1S/C19H23N3O3/c1-3-13-7-9-14(10-8-13)22-16-6-4-5-15(16)18(20-22)19(25)21(2)12-11-17(23)24/h7-10H,3-6,11-12H2,1-2H3,(H,23,24). The third-order valence-electron chi connectivity index (χ3n) is 4.73. The van der Waals surface area contributed by atoms with Gasteiger partial charge in [0.25, 0.3) is 5.91 Å². The minimum absolute atomic E-state index is 0.0659. The molecule has 0 radical (unpaired) electrons. The normalized spacial score (nSPS) is 12.9. The van der Waals surface area contributed by atoms with E-state index in [4.69, 9.17) is 5.11 Å². The van der Waals surface area contributed by atoms with Crippen LogP contribution in [0.3, 0.4) is 0 Å². The van der Waals surface area contributed by atoms with Gasteiger partial charge in [-0.1, -0.05) is 19.1 Å². The quantitative estimate of drug-likeness (QED) is 0.876. The molecule has 6 heteroatoms. The van der Waals surface area contributed by atoms with Gasteiger partial charge in [-0.25, -0.2) is 4.68 Å². The van der Waals surface area contributed by atoms with Crippen LogP contribution >= 0.6 is 0 Å². The van der Waals surface area contributed by atoms with Crippen LogP contribution in [0.15, 0.2) is 24.3 Å². The van der Waals surface area contributed by atoms with Crippen molar-refractivity contribution in [1.29, 1.82) is 0 Å². The van der Waals surface area contributed by atoms with Gasteiger partial charge in [0.2, 0.25) is 0 Å². The van der Waals surface area contributed by atoms with E-state index in [0.717, 1.165) is 42.6 Å². The maximum Gasteiger partial charge on any atom is 0.305 e. The molecule has 25 heavy (non-hydrogen) atoms. The Morgan fingerprint density at radius 2 is 1.96 bits per heavy atom. The molecule has 3 rings (SSSR count). The highest BCUT2D eigenvalue weighted by molar-refractivity contribution is 5.94.